The van der Waals surface area contributed by atoms with Gasteiger partial charge in [-0.25, -0.2) is 4.98 Å². The number of aromatic nitrogens is 2. The molecule has 22 heavy (non-hydrogen) atoms. The first-order valence-corrected chi connectivity index (χ1v) is 7.51. The molecule has 0 N–H and O–H groups in total. The lowest BCUT2D eigenvalue weighted by atomic mass is 10.1. The average Bonchev–Trinajstić information content (AvgIpc) is 3.04. The summed E-state index contributed by atoms with van der Waals surface area (Å²) in [6.07, 6.45) is 3.73. The fourth-order valence-electron chi connectivity index (χ4n) is 3.03. The van der Waals surface area contributed by atoms with Crippen LogP contribution in [0.5, 0.6) is 0 Å². The summed E-state index contributed by atoms with van der Waals surface area (Å²) in [7, 11) is 4.06. The van der Waals surface area contributed by atoms with Crippen molar-refractivity contribution >= 4 is 5.91 Å². The predicted molar refractivity (Wildman–Crippen MR) is 82.7 cm³/mol. The van der Waals surface area contributed by atoms with E-state index >= 15 is 0 Å². The second-order valence-corrected chi connectivity index (χ2v) is 6.01. The minimum atomic E-state index is -0.0297. The van der Waals surface area contributed by atoms with Crippen LogP contribution in [0, 0.1) is 13.8 Å². The van der Waals surface area contributed by atoms with Gasteiger partial charge in [-0.1, -0.05) is 0 Å². The second-order valence-electron chi connectivity index (χ2n) is 6.01. The molecule has 2 aromatic heterocycles. The fraction of sp³-hybridized carbons (Fsp3) is 0.500. The van der Waals surface area contributed by atoms with Crippen molar-refractivity contribution in [3.05, 3.63) is 41.4 Å². The number of carbonyl (C=O) groups is 1. The van der Waals surface area contributed by atoms with Gasteiger partial charge in [0.25, 0.3) is 5.91 Å². The Morgan fingerprint density at radius 3 is 2.68 bits per heavy atom. The summed E-state index contributed by atoms with van der Waals surface area (Å²) in [5, 5.41) is 0. The molecule has 0 aliphatic carbocycles. The Morgan fingerprint density at radius 1 is 1.32 bits per heavy atom. The standard InChI is InChI=1S/C16H22N4O2/c1-11-9-12(2)22-14(11)16(21)20-8-7-18(3)13(10-20)15-17-5-6-19(15)4/h5-6,9,13H,7-8,10H2,1-4H3/t13-/m0/s1. The van der Waals surface area contributed by atoms with Gasteiger partial charge < -0.3 is 13.9 Å². The number of piperazine rings is 1. The van der Waals surface area contributed by atoms with Gasteiger partial charge in [0.1, 0.15) is 11.6 Å². The van der Waals surface area contributed by atoms with Gasteiger partial charge in [0.2, 0.25) is 0 Å². The molecule has 3 rings (SSSR count). The van der Waals surface area contributed by atoms with Crippen LogP contribution in [-0.4, -0.2) is 51.9 Å². The Kier molecular flexibility index (Phi) is 3.78. The van der Waals surface area contributed by atoms with Crippen molar-refractivity contribution in [3.63, 3.8) is 0 Å². The van der Waals surface area contributed by atoms with Gasteiger partial charge in [-0.05, 0) is 27.0 Å². The van der Waals surface area contributed by atoms with Crippen molar-refractivity contribution < 1.29 is 9.21 Å². The number of likely N-dealkylation sites (N-methyl/N-ethyl adjacent to an activating group) is 1. The lowest BCUT2D eigenvalue weighted by molar-refractivity contribution is 0.0498. The molecule has 1 atom stereocenters. The second kappa shape index (κ2) is 5.61. The number of hydrogen-bond donors (Lipinski definition) is 0. The number of carbonyl (C=O) groups excluding carboxylic acids is 1. The Labute approximate surface area is 130 Å². The van der Waals surface area contributed by atoms with Crippen LogP contribution in [0.3, 0.4) is 0 Å². The maximum atomic E-state index is 12.7. The van der Waals surface area contributed by atoms with Crippen molar-refractivity contribution in [2.24, 2.45) is 7.05 Å². The molecule has 0 unspecified atom stereocenters. The molecule has 1 aliphatic rings. The van der Waals surface area contributed by atoms with Crippen molar-refractivity contribution in [1.82, 2.24) is 19.4 Å². The topological polar surface area (TPSA) is 54.5 Å². The van der Waals surface area contributed by atoms with Gasteiger partial charge in [-0.15, -0.1) is 0 Å². The summed E-state index contributed by atoms with van der Waals surface area (Å²) < 4.78 is 7.59. The predicted octanol–water partition coefficient (Wildman–Crippen LogP) is 1.76. The van der Waals surface area contributed by atoms with E-state index in [1.54, 1.807) is 6.20 Å². The number of amides is 1. The fourth-order valence-corrected chi connectivity index (χ4v) is 3.03. The Morgan fingerprint density at radius 2 is 2.09 bits per heavy atom. The number of nitrogens with zero attached hydrogens (tertiary/aromatic N) is 4. The van der Waals surface area contributed by atoms with E-state index in [9.17, 15) is 4.79 Å². The Hall–Kier alpha value is -2.08. The number of rotatable bonds is 2. The average molecular weight is 302 g/mol. The molecule has 0 saturated carbocycles. The van der Waals surface area contributed by atoms with Gasteiger partial charge in [-0.2, -0.15) is 0 Å². The van der Waals surface area contributed by atoms with Crippen LogP contribution in [-0.2, 0) is 7.05 Å². The molecule has 0 radical (unpaired) electrons. The van der Waals surface area contributed by atoms with Crippen LogP contribution in [0.25, 0.3) is 0 Å². The maximum Gasteiger partial charge on any atom is 0.289 e. The van der Waals surface area contributed by atoms with Gasteiger partial charge in [-0.3, -0.25) is 9.69 Å². The molecule has 1 fully saturated rings. The highest BCUT2D eigenvalue weighted by atomic mass is 16.4. The lowest BCUT2D eigenvalue weighted by Gasteiger charge is -2.38. The molecular weight excluding hydrogens is 280 g/mol. The third-order valence-corrected chi connectivity index (χ3v) is 4.33. The van der Waals surface area contributed by atoms with Gasteiger partial charge >= 0.3 is 0 Å². The molecule has 6 nitrogen and oxygen atoms in total. The normalized spacial score (nSPS) is 19.6. The number of furan rings is 1. The molecule has 1 saturated heterocycles. The summed E-state index contributed by atoms with van der Waals surface area (Å²) in [5.41, 5.74) is 0.898. The summed E-state index contributed by atoms with van der Waals surface area (Å²) in [4.78, 5) is 21.3. The van der Waals surface area contributed by atoms with E-state index in [4.69, 9.17) is 4.42 Å². The van der Waals surface area contributed by atoms with Crippen LogP contribution in [0.4, 0.5) is 0 Å². The molecule has 1 amide bonds. The summed E-state index contributed by atoms with van der Waals surface area (Å²) >= 11 is 0. The van der Waals surface area contributed by atoms with E-state index in [0.717, 1.165) is 23.7 Å². The highest BCUT2D eigenvalue weighted by Gasteiger charge is 2.32. The third-order valence-electron chi connectivity index (χ3n) is 4.33. The van der Waals surface area contributed by atoms with Gasteiger partial charge in [0, 0.05) is 44.6 Å². The SMILES string of the molecule is Cc1cc(C)c(C(=O)N2CCN(C)[C@H](c3nccn3C)C2)o1. The van der Waals surface area contributed by atoms with Crippen molar-refractivity contribution in [2.75, 3.05) is 26.7 Å². The van der Waals surface area contributed by atoms with Gasteiger partial charge in [0.15, 0.2) is 5.76 Å². The number of aryl methyl sites for hydroxylation is 3. The van der Waals surface area contributed by atoms with E-state index in [-0.39, 0.29) is 11.9 Å². The smallest absolute Gasteiger partial charge is 0.289 e. The molecule has 0 aromatic carbocycles. The first-order chi connectivity index (χ1) is 10.5. The molecule has 2 aromatic rings. The summed E-state index contributed by atoms with van der Waals surface area (Å²) in [6, 6.07) is 2.01. The van der Waals surface area contributed by atoms with E-state index in [1.807, 2.05) is 42.6 Å². The van der Waals surface area contributed by atoms with E-state index in [0.29, 0.717) is 18.8 Å². The van der Waals surface area contributed by atoms with E-state index in [1.165, 1.54) is 0 Å². The molecule has 118 valence electrons. The summed E-state index contributed by atoms with van der Waals surface area (Å²) in [6.45, 7) is 5.93. The van der Waals surface area contributed by atoms with Crippen LogP contribution in [0.1, 0.15) is 33.7 Å². The van der Waals surface area contributed by atoms with E-state index < -0.39 is 0 Å². The van der Waals surface area contributed by atoms with Crippen molar-refractivity contribution in [1.29, 1.82) is 0 Å². The zero-order chi connectivity index (χ0) is 15.9. The minimum Gasteiger partial charge on any atom is -0.456 e. The van der Waals surface area contributed by atoms with Crippen molar-refractivity contribution in [2.45, 2.75) is 19.9 Å². The van der Waals surface area contributed by atoms with Crippen molar-refractivity contribution in [3.8, 4) is 0 Å². The molecule has 1 aliphatic heterocycles. The number of hydrogen-bond acceptors (Lipinski definition) is 4. The maximum absolute atomic E-state index is 12.7. The molecule has 0 spiro atoms. The Bertz CT molecular complexity index is 688. The minimum absolute atomic E-state index is 0.0297. The molecule has 6 heteroatoms. The van der Waals surface area contributed by atoms with Crippen LogP contribution >= 0.6 is 0 Å². The third kappa shape index (κ3) is 2.54. The van der Waals surface area contributed by atoms with Crippen LogP contribution in [0.15, 0.2) is 22.9 Å². The molecular formula is C16H22N4O2. The summed E-state index contributed by atoms with van der Waals surface area (Å²) in [5.74, 6) is 2.18. The number of imidazole rings is 1. The van der Waals surface area contributed by atoms with E-state index in [2.05, 4.69) is 16.9 Å². The molecule has 0 bridgehead atoms. The van der Waals surface area contributed by atoms with Crippen LogP contribution in [0.2, 0.25) is 0 Å². The zero-order valence-corrected chi connectivity index (χ0v) is 13.5. The largest absolute Gasteiger partial charge is 0.456 e. The quantitative estimate of drug-likeness (QED) is 0.848. The first-order valence-electron chi connectivity index (χ1n) is 7.51. The van der Waals surface area contributed by atoms with Gasteiger partial charge in [0.05, 0.1) is 6.04 Å². The zero-order valence-electron chi connectivity index (χ0n) is 13.5. The highest BCUT2D eigenvalue weighted by molar-refractivity contribution is 5.93. The first kappa shape index (κ1) is 14.8. The Balaban J connectivity index is 1.83. The molecule has 3 heterocycles. The monoisotopic (exact) mass is 302 g/mol. The highest BCUT2D eigenvalue weighted by Crippen LogP contribution is 2.24. The lowest BCUT2D eigenvalue weighted by Crippen LogP contribution is -2.49. The van der Waals surface area contributed by atoms with Crippen LogP contribution < -0.4 is 0 Å².